The highest BCUT2D eigenvalue weighted by atomic mass is 16.6. The van der Waals surface area contributed by atoms with Crippen molar-refractivity contribution in [3.05, 3.63) is 29.8 Å². The summed E-state index contributed by atoms with van der Waals surface area (Å²) in [6.07, 6.45) is 2.11. The Hall–Kier alpha value is -1.06. The molecule has 0 radical (unpaired) electrons. The second-order valence-corrected chi connectivity index (χ2v) is 4.48. The van der Waals surface area contributed by atoms with Gasteiger partial charge in [0.25, 0.3) is 0 Å². The quantitative estimate of drug-likeness (QED) is 0.717. The Morgan fingerprint density at radius 1 is 1.19 bits per heavy atom. The molecule has 0 spiro atoms. The topological polar surface area (TPSA) is 31.0 Å². The standard InChI is InChI=1S/C13H16O3/c1-8-13-12(16-13)7-11(15-8)9-3-5-10(14-2)6-4-9/h3-6,8,11-13H,7H2,1-2H3/t8-,11+,12-,13+/m1/s1. The lowest BCUT2D eigenvalue weighted by Gasteiger charge is -2.25. The van der Waals surface area contributed by atoms with Crippen LogP contribution in [-0.2, 0) is 9.47 Å². The van der Waals surface area contributed by atoms with E-state index in [2.05, 4.69) is 19.1 Å². The second-order valence-electron chi connectivity index (χ2n) is 4.48. The van der Waals surface area contributed by atoms with Crippen molar-refractivity contribution in [1.82, 2.24) is 0 Å². The van der Waals surface area contributed by atoms with E-state index < -0.39 is 0 Å². The van der Waals surface area contributed by atoms with Gasteiger partial charge in [-0.05, 0) is 24.6 Å². The van der Waals surface area contributed by atoms with Crippen LogP contribution in [0.1, 0.15) is 25.0 Å². The molecule has 0 amide bonds. The van der Waals surface area contributed by atoms with Gasteiger partial charge in [-0.2, -0.15) is 0 Å². The monoisotopic (exact) mass is 220 g/mol. The molecule has 0 N–H and O–H groups in total. The second kappa shape index (κ2) is 3.75. The fraction of sp³-hybridized carbons (Fsp3) is 0.538. The van der Waals surface area contributed by atoms with E-state index in [0.29, 0.717) is 12.2 Å². The normalized spacial score (nSPS) is 36.6. The predicted octanol–water partition coefficient (Wildman–Crippen LogP) is 2.31. The van der Waals surface area contributed by atoms with Gasteiger partial charge in [0.05, 0.1) is 25.4 Å². The SMILES string of the molecule is COc1ccc([C@@H]2C[C@H]3O[C@H]3[C@@H](C)O2)cc1. The largest absolute Gasteiger partial charge is 0.497 e. The van der Waals surface area contributed by atoms with Crippen LogP contribution in [0, 0.1) is 0 Å². The Morgan fingerprint density at radius 3 is 2.56 bits per heavy atom. The third-order valence-corrected chi connectivity index (χ3v) is 3.40. The summed E-state index contributed by atoms with van der Waals surface area (Å²) >= 11 is 0. The minimum atomic E-state index is 0.171. The molecule has 3 rings (SSSR count). The average molecular weight is 220 g/mol. The molecule has 2 heterocycles. The summed E-state index contributed by atoms with van der Waals surface area (Å²) in [6.45, 7) is 2.08. The van der Waals surface area contributed by atoms with Gasteiger partial charge in [-0.3, -0.25) is 0 Å². The number of fused-ring (bicyclic) bond motifs is 1. The van der Waals surface area contributed by atoms with E-state index in [4.69, 9.17) is 14.2 Å². The first-order valence-corrected chi connectivity index (χ1v) is 5.73. The average Bonchev–Trinajstić information content (AvgIpc) is 3.09. The van der Waals surface area contributed by atoms with Gasteiger partial charge < -0.3 is 14.2 Å². The summed E-state index contributed by atoms with van der Waals surface area (Å²) in [4.78, 5) is 0. The zero-order chi connectivity index (χ0) is 11.1. The zero-order valence-electron chi connectivity index (χ0n) is 9.55. The van der Waals surface area contributed by atoms with Gasteiger partial charge in [0.1, 0.15) is 11.9 Å². The van der Waals surface area contributed by atoms with Crippen molar-refractivity contribution in [2.24, 2.45) is 0 Å². The summed E-state index contributed by atoms with van der Waals surface area (Å²) in [5, 5.41) is 0. The lowest BCUT2D eigenvalue weighted by molar-refractivity contribution is -0.0290. The molecule has 0 unspecified atom stereocenters. The van der Waals surface area contributed by atoms with Crippen LogP contribution in [0.4, 0.5) is 0 Å². The van der Waals surface area contributed by atoms with Gasteiger partial charge in [-0.25, -0.2) is 0 Å². The molecule has 0 aliphatic carbocycles. The first-order chi connectivity index (χ1) is 7.78. The van der Waals surface area contributed by atoms with E-state index in [1.807, 2.05) is 12.1 Å². The third kappa shape index (κ3) is 1.70. The molecule has 0 aromatic heterocycles. The minimum absolute atomic E-state index is 0.171. The van der Waals surface area contributed by atoms with E-state index in [1.165, 1.54) is 5.56 Å². The van der Waals surface area contributed by atoms with E-state index >= 15 is 0 Å². The van der Waals surface area contributed by atoms with Crippen LogP contribution in [0.25, 0.3) is 0 Å². The highest BCUT2D eigenvalue weighted by Gasteiger charge is 2.49. The van der Waals surface area contributed by atoms with Gasteiger partial charge in [0, 0.05) is 6.42 Å². The summed E-state index contributed by atoms with van der Waals surface area (Å²) in [5.41, 5.74) is 1.21. The van der Waals surface area contributed by atoms with Gasteiger partial charge in [-0.15, -0.1) is 0 Å². The van der Waals surface area contributed by atoms with Crippen molar-refractivity contribution in [2.45, 2.75) is 37.8 Å². The number of ether oxygens (including phenoxy) is 3. The molecule has 1 aromatic carbocycles. The summed E-state index contributed by atoms with van der Waals surface area (Å²) in [7, 11) is 1.68. The van der Waals surface area contributed by atoms with Crippen LogP contribution in [0.3, 0.4) is 0 Å². The lowest BCUT2D eigenvalue weighted by atomic mass is 9.99. The van der Waals surface area contributed by atoms with Crippen LogP contribution in [0.15, 0.2) is 24.3 Å². The van der Waals surface area contributed by atoms with Crippen LogP contribution in [0.5, 0.6) is 5.75 Å². The number of rotatable bonds is 2. The molecule has 3 heteroatoms. The highest BCUT2D eigenvalue weighted by molar-refractivity contribution is 5.29. The van der Waals surface area contributed by atoms with Crippen molar-refractivity contribution in [3.8, 4) is 5.75 Å². The lowest BCUT2D eigenvalue weighted by Crippen LogP contribution is -2.27. The summed E-state index contributed by atoms with van der Waals surface area (Å²) in [6, 6.07) is 8.09. The maximum absolute atomic E-state index is 5.93. The Bertz CT molecular complexity index is 373. The molecule has 2 aliphatic heterocycles. The Kier molecular flexibility index (Phi) is 2.37. The number of hydrogen-bond acceptors (Lipinski definition) is 3. The number of methoxy groups -OCH3 is 1. The smallest absolute Gasteiger partial charge is 0.118 e. The molecule has 2 saturated heterocycles. The fourth-order valence-corrected chi connectivity index (χ4v) is 2.40. The van der Waals surface area contributed by atoms with Crippen LogP contribution < -0.4 is 4.74 Å². The summed E-state index contributed by atoms with van der Waals surface area (Å²) < 4.78 is 16.6. The van der Waals surface area contributed by atoms with Crippen molar-refractivity contribution in [1.29, 1.82) is 0 Å². The Morgan fingerprint density at radius 2 is 1.94 bits per heavy atom. The first-order valence-electron chi connectivity index (χ1n) is 5.73. The fourth-order valence-electron chi connectivity index (χ4n) is 2.40. The van der Waals surface area contributed by atoms with Crippen LogP contribution in [0.2, 0.25) is 0 Å². The molecule has 2 fully saturated rings. The van der Waals surface area contributed by atoms with Crippen molar-refractivity contribution >= 4 is 0 Å². The molecule has 4 atom stereocenters. The maximum atomic E-state index is 5.93. The van der Waals surface area contributed by atoms with Gasteiger partial charge in [0.2, 0.25) is 0 Å². The Labute approximate surface area is 95.3 Å². The molecular weight excluding hydrogens is 204 g/mol. The third-order valence-electron chi connectivity index (χ3n) is 3.40. The molecule has 86 valence electrons. The van der Waals surface area contributed by atoms with Crippen molar-refractivity contribution < 1.29 is 14.2 Å². The molecule has 2 aliphatic rings. The van der Waals surface area contributed by atoms with Gasteiger partial charge in [-0.1, -0.05) is 12.1 Å². The molecule has 0 saturated carbocycles. The number of hydrogen-bond donors (Lipinski definition) is 0. The van der Waals surface area contributed by atoms with E-state index in [0.717, 1.165) is 12.2 Å². The highest BCUT2D eigenvalue weighted by Crippen LogP contribution is 2.42. The van der Waals surface area contributed by atoms with Gasteiger partial charge in [0.15, 0.2) is 0 Å². The molecular formula is C13H16O3. The molecule has 3 nitrogen and oxygen atoms in total. The van der Waals surface area contributed by atoms with E-state index in [-0.39, 0.29) is 12.2 Å². The van der Waals surface area contributed by atoms with Crippen LogP contribution in [-0.4, -0.2) is 25.4 Å². The van der Waals surface area contributed by atoms with Crippen molar-refractivity contribution in [2.75, 3.05) is 7.11 Å². The number of epoxide rings is 1. The molecule has 0 bridgehead atoms. The number of benzene rings is 1. The summed E-state index contributed by atoms with van der Waals surface area (Å²) in [5.74, 6) is 0.883. The zero-order valence-corrected chi connectivity index (χ0v) is 9.55. The molecule has 1 aromatic rings. The van der Waals surface area contributed by atoms with Crippen molar-refractivity contribution in [3.63, 3.8) is 0 Å². The first kappa shape index (κ1) is 10.1. The maximum Gasteiger partial charge on any atom is 0.118 e. The minimum Gasteiger partial charge on any atom is -0.497 e. The van der Waals surface area contributed by atoms with E-state index in [1.54, 1.807) is 7.11 Å². The van der Waals surface area contributed by atoms with E-state index in [9.17, 15) is 0 Å². The predicted molar refractivity (Wildman–Crippen MR) is 59.6 cm³/mol. The van der Waals surface area contributed by atoms with Crippen LogP contribution >= 0.6 is 0 Å². The molecule has 16 heavy (non-hydrogen) atoms. The van der Waals surface area contributed by atoms with Gasteiger partial charge >= 0.3 is 0 Å². The Balaban J connectivity index is 1.75.